The third kappa shape index (κ3) is 8.65. The van der Waals surface area contributed by atoms with Crippen LogP contribution in [-0.4, -0.2) is 78.5 Å². The Morgan fingerprint density at radius 1 is 0.561 bits per heavy atom. The second-order valence-electron chi connectivity index (χ2n) is 15.3. The lowest BCUT2D eigenvalue weighted by Gasteiger charge is -2.43. The van der Waals surface area contributed by atoms with Crippen LogP contribution < -0.4 is 0 Å². The first kappa shape index (κ1) is 31.6. The number of hydrogen-bond donors (Lipinski definition) is 0. The number of epoxide rings is 3. The Labute approximate surface area is 254 Å². The topological polar surface area (TPSA) is 74.5 Å². The Bertz CT molecular complexity index is 901. The van der Waals surface area contributed by atoms with Gasteiger partial charge in [-0.3, -0.25) is 0 Å². The van der Waals surface area contributed by atoms with Crippen LogP contribution in [-0.2, 0) is 31.0 Å². The monoisotopic (exact) mass is 642 g/mol. The van der Waals surface area contributed by atoms with Gasteiger partial charge in [0.2, 0.25) is 0 Å². The number of rotatable bonds is 16. The van der Waals surface area contributed by atoms with Gasteiger partial charge in [-0.2, -0.15) is 0 Å². The molecule has 0 amide bonds. The van der Waals surface area contributed by atoms with Crippen molar-refractivity contribution < 1.29 is 31.0 Å². The summed E-state index contributed by atoms with van der Waals surface area (Å²) < 4.78 is 45.6. The van der Waals surface area contributed by atoms with E-state index in [1.807, 2.05) is 7.11 Å². The molecule has 0 aromatic carbocycles. The minimum absolute atomic E-state index is 0.521. The molecule has 11 heteroatoms. The molecule has 6 fully saturated rings. The van der Waals surface area contributed by atoms with Gasteiger partial charge in [0, 0.05) is 7.11 Å². The molecule has 3 saturated carbocycles. The lowest BCUT2D eigenvalue weighted by atomic mass is 9.88. The highest BCUT2D eigenvalue weighted by molar-refractivity contribution is 6.87. The van der Waals surface area contributed by atoms with Gasteiger partial charge in [-0.05, 0) is 146 Å². The molecule has 0 bridgehead atoms. The summed E-state index contributed by atoms with van der Waals surface area (Å²) in [5, 5.41) is 0. The van der Waals surface area contributed by atoms with Gasteiger partial charge in [0.1, 0.15) is 0 Å². The maximum Gasteiger partial charge on any atom is 0.325 e. The summed E-state index contributed by atoms with van der Waals surface area (Å²) in [6.07, 6.45) is 18.1. The van der Waals surface area contributed by atoms with Gasteiger partial charge in [0.25, 0.3) is 0 Å². The van der Waals surface area contributed by atoms with E-state index in [1.54, 1.807) is 0 Å². The second kappa shape index (κ2) is 12.8. The maximum absolute atomic E-state index is 7.45. The van der Waals surface area contributed by atoms with E-state index in [0.717, 1.165) is 35.9 Å². The zero-order valence-electron chi connectivity index (χ0n) is 26.7. The van der Waals surface area contributed by atoms with E-state index in [-0.39, 0.29) is 0 Å². The van der Waals surface area contributed by atoms with Crippen LogP contribution in [0.5, 0.6) is 0 Å². The quantitative estimate of drug-likeness (QED) is 0.136. The molecule has 6 rings (SSSR count). The van der Waals surface area contributed by atoms with E-state index in [1.165, 1.54) is 77.0 Å². The van der Waals surface area contributed by atoms with Crippen LogP contribution in [0.25, 0.3) is 0 Å². The van der Waals surface area contributed by atoms with Gasteiger partial charge in [0.15, 0.2) is 9.04 Å². The summed E-state index contributed by atoms with van der Waals surface area (Å²) in [4.78, 5) is 0. The number of fused-ring (bicyclic) bond motifs is 3. The van der Waals surface area contributed by atoms with Crippen LogP contribution in [0.3, 0.4) is 0 Å². The van der Waals surface area contributed by atoms with Crippen molar-refractivity contribution >= 4 is 34.7 Å². The summed E-state index contributed by atoms with van der Waals surface area (Å²) in [6, 6.07) is 3.15. The fourth-order valence-corrected chi connectivity index (χ4v) is 26.4. The summed E-state index contributed by atoms with van der Waals surface area (Å²) in [5.41, 5.74) is 0. The molecule has 0 radical (unpaired) electrons. The van der Waals surface area contributed by atoms with Crippen molar-refractivity contribution in [2.24, 2.45) is 17.8 Å². The van der Waals surface area contributed by atoms with Gasteiger partial charge >= 0.3 is 25.7 Å². The fourth-order valence-electron chi connectivity index (χ4n) is 8.51. The molecule has 0 spiro atoms. The second-order valence-corrected chi connectivity index (χ2v) is 28.7. The predicted molar refractivity (Wildman–Crippen MR) is 170 cm³/mol. The molecule has 7 nitrogen and oxygen atoms in total. The Balaban J connectivity index is 1.12. The van der Waals surface area contributed by atoms with Crippen LogP contribution in [0.2, 0.25) is 50.9 Å². The third-order valence-electron chi connectivity index (χ3n) is 11.1. The van der Waals surface area contributed by atoms with Gasteiger partial charge in [-0.25, -0.2) is 0 Å². The average Bonchev–Trinajstić information content (AvgIpc) is 3.81. The van der Waals surface area contributed by atoms with E-state index in [2.05, 4.69) is 32.7 Å². The van der Waals surface area contributed by atoms with Crippen molar-refractivity contribution in [2.75, 3.05) is 7.11 Å². The normalized spacial score (nSPS) is 41.8. The van der Waals surface area contributed by atoms with Crippen molar-refractivity contribution in [1.29, 1.82) is 0 Å². The third-order valence-corrected chi connectivity index (χ3v) is 26.4. The molecule has 3 heterocycles. The Hall–Kier alpha value is 0.588. The minimum Gasteiger partial charge on any atom is -0.439 e. The van der Waals surface area contributed by atoms with E-state index < -0.39 is 34.7 Å². The minimum atomic E-state index is -2.58. The zero-order valence-corrected chi connectivity index (χ0v) is 30.9. The van der Waals surface area contributed by atoms with Crippen LogP contribution in [0.1, 0.15) is 77.0 Å². The first-order valence-corrected chi connectivity index (χ1v) is 27.5. The molecule has 41 heavy (non-hydrogen) atoms. The highest BCUT2D eigenvalue weighted by atomic mass is 28.5. The lowest BCUT2D eigenvalue weighted by Crippen LogP contribution is -2.58. The van der Waals surface area contributed by atoms with Crippen LogP contribution in [0, 0.1) is 17.8 Å². The highest BCUT2D eigenvalue weighted by Gasteiger charge is 2.51. The van der Waals surface area contributed by atoms with Gasteiger partial charge in [-0.1, -0.05) is 0 Å². The largest absolute Gasteiger partial charge is 0.439 e. The fraction of sp³-hybridized carbons (Fsp3) is 1.00. The first-order chi connectivity index (χ1) is 19.5. The summed E-state index contributed by atoms with van der Waals surface area (Å²) in [7, 11) is -6.80. The number of hydrogen-bond acceptors (Lipinski definition) is 7. The van der Waals surface area contributed by atoms with Crippen LogP contribution >= 0.6 is 0 Å². The molecule has 12 unspecified atom stereocenters. The standard InChI is InChI=1S/C30H58O7Si4/c1-31-39(4,16-13-22-7-10-25-28(19-22)32-25)36-41(6,18-15-24-9-12-27-30(21-24)34-27)37-40(5,35-38(2)3)17-14-23-8-11-26-29(20-23)33-26/h22-30,38H,7-21H2,1-6H3. The maximum atomic E-state index is 7.45. The van der Waals surface area contributed by atoms with E-state index in [0.29, 0.717) is 36.6 Å². The van der Waals surface area contributed by atoms with Crippen LogP contribution in [0.15, 0.2) is 0 Å². The Morgan fingerprint density at radius 2 is 0.951 bits per heavy atom. The number of ether oxygens (including phenoxy) is 3. The molecule has 236 valence electrons. The van der Waals surface area contributed by atoms with E-state index >= 15 is 0 Å². The SMILES string of the molecule is CO[Si](C)(CCC1CCC2OC2C1)O[Si](C)(CCC1CCC2OC2C1)O[Si](C)(CCC1CCC2OC2C1)O[SiH](C)C. The van der Waals surface area contributed by atoms with Crippen molar-refractivity contribution in [3.05, 3.63) is 0 Å². The summed E-state index contributed by atoms with van der Waals surface area (Å²) in [5.74, 6) is 2.22. The summed E-state index contributed by atoms with van der Waals surface area (Å²) in [6.45, 7) is 11.6. The Morgan fingerprint density at radius 3 is 1.34 bits per heavy atom. The van der Waals surface area contributed by atoms with Crippen molar-refractivity contribution in [3.63, 3.8) is 0 Å². The van der Waals surface area contributed by atoms with Gasteiger partial charge in [-0.15, -0.1) is 0 Å². The molecule has 0 aromatic heterocycles. The molecular weight excluding hydrogens is 585 g/mol. The van der Waals surface area contributed by atoms with Gasteiger partial charge in [0.05, 0.1) is 36.6 Å². The molecule has 3 saturated heterocycles. The molecule has 0 N–H and O–H groups in total. The predicted octanol–water partition coefficient (Wildman–Crippen LogP) is 6.75. The van der Waals surface area contributed by atoms with Crippen LogP contribution in [0.4, 0.5) is 0 Å². The highest BCUT2D eigenvalue weighted by Crippen LogP contribution is 2.45. The van der Waals surface area contributed by atoms with E-state index in [4.69, 9.17) is 31.0 Å². The molecule has 6 aliphatic rings. The smallest absolute Gasteiger partial charge is 0.325 e. The van der Waals surface area contributed by atoms with Gasteiger partial charge < -0.3 is 31.0 Å². The van der Waals surface area contributed by atoms with Crippen molar-refractivity contribution in [2.45, 2.75) is 165 Å². The molecule has 3 aliphatic carbocycles. The molecular formula is C30H58O7Si4. The molecule has 3 aliphatic heterocycles. The molecule has 0 aromatic rings. The van der Waals surface area contributed by atoms with Crippen molar-refractivity contribution in [3.8, 4) is 0 Å². The van der Waals surface area contributed by atoms with E-state index in [9.17, 15) is 0 Å². The first-order valence-electron chi connectivity index (χ1n) is 17.1. The zero-order chi connectivity index (χ0) is 28.8. The Kier molecular flexibility index (Phi) is 9.83. The lowest BCUT2D eigenvalue weighted by molar-refractivity contribution is 0.242. The average molecular weight is 643 g/mol. The molecule has 12 atom stereocenters. The summed E-state index contributed by atoms with van der Waals surface area (Å²) >= 11 is 0. The van der Waals surface area contributed by atoms with Crippen molar-refractivity contribution in [1.82, 2.24) is 0 Å².